The first kappa shape index (κ1) is 20.6. The van der Waals surface area contributed by atoms with E-state index in [2.05, 4.69) is 4.98 Å². The quantitative estimate of drug-likeness (QED) is 0.625. The number of carbonyl (C=O) groups is 1. The minimum atomic E-state index is -0.465. The number of benzene rings is 1. The molecule has 31 heavy (non-hydrogen) atoms. The van der Waals surface area contributed by atoms with Crippen LogP contribution in [-0.2, 0) is 20.5 Å². The number of Topliss-reactive ketones (excluding diaryl/α,β-unsaturated/α-hetero) is 1. The van der Waals surface area contributed by atoms with Crippen LogP contribution < -0.4 is 25.5 Å². The van der Waals surface area contributed by atoms with Gasteiger partial charge in [-0.15, -0.1) is 0 Å². The van der Waals surface area contributed by atoms with Crippen molar-refractivity contribution in [2.75, 3.05) is 21.3 Å². The maximum Gasteiger partial charge on any atom is 0.332 e. The number of aromatic nitrogens is 3. The highest BCUT2D eigenvalue weighted by Crippen LogP contribution is 2.43. The largest absolute Gasteiger partial charge is 0.493 e. The predicted octanol–water partition coefficient (Wildman–Crippen LogP) is 1.57. The molecule has 1 aliphatic carbocycles. The number of ether oxygens (including phenoxy) is 3. The van der Waals surface area contributed by atoms with E-state index in [4.69, 9.17) is 14.2 Å². The van der Waals surface area contributed by atoms with Gasteiger partial charge in [-0.1, -0.05) is 0 Å². The number of hydrogen-bond acceptors (Lipinski definition) is 7. The number of pyridine rings is 1. The lowest BCUT2D eigenvalue weighted by atomic mass is 9.79. The molecule has 0 fully saturated rings. The summed E-state index contributed by atoms with van der Waals surface area (Å²) in [5.74, 6) is 1.14. The Morgan fingerprint density at radius 1 is 0.935 bits per heavy atom. The second-order valence-electron chi connectivity index (χ2n) is 7.54. The molecule has 2 aromatic heterocycles. The molecule has 1 atom stereocenters. The summed E-state index contributed by atoms with van der Waals surface area (Å²) in [7, 11) is 7.58. The zero-order chi connectivity index (χ0) is 22.4. The molecule has 0 spiro atoms. The minimum absolute atomic E-state index is 0.106. The maximum atomic E-state index is 13.0. The maximum absolute atomic E-state index is 13.0. The Morgan fingerprint density at radius 3 is 2.16 bits per heavy atom. The number of hydrogen-bond donors (Lipinski definition) is 0. The highest BCUT2D eigenvalue weighted by molar-refractivity contribution is 6.02. The molecule has 0 radical (unpaired) electrons. The number of aryl methyl sites for hydroxylation is 1. The molecule has 1 aromatic carbocycles. The predicted molar refractivity (Wildman–Crippen MR) is 114 cm³/mol. The van der Waals surface area contributed by atoms with Gasteiger partial charge in [0.25, 0.3) is 5.56 Å². The zero-order valence-corrected chi connectivity index (χ0v) is 18.0. The lowest BCUT2D eigenvalue weighted by molar-refractivity contribution is 0.0964. The fraction of sp³-hybridized carbons (Fsp3) is 0.364. The molecule has 1 unspecified atom stereocenters. The molecule has 0 bridgehead atoms. The van der Waals surface area contributed by atoms with Crippen molar-refractivity contribution in [2.24, 2.45) is 14.1 Å². The number of methoxy groups -OCH3 is 3. The molecule has 9 heteroatoms. The molecule has 162 valence electrons. The number of carbonyl (C=O) groups excluding carboxylic acids is 1. The topological polar surface area (TPSA) is 102 Å². The van der Waals surface area contributed by atoms with Gasteiger partial charge in [-0.25, -0.2) is 9.78 Å². The van der Waals surface area contributed by atoms with Gasteiger partial charge in [-0.3, -0.25) is 18.7 Å². The van der Waals surface area contributed by atoms with Gasteiger partial charge < -0.3 is 14.2 Å². The Kier molecular flexibility index (Phi) is 5.04. The standard InChI is InChI=1S/C22H23N3O6/c1-24-20-18(21(27)25(2)22(24)28)13-6-11(7-15(26)14(13)10-23-20)12-8-16(29-3)19(31-5)17(9-12)30-4/h8-11H,6-7H2,1-5H3. The molecule has 3 aromatic rings. The third-order valence-corrected chi connectivity index (χ3v) is 5.92. The van der Waals surface area contributed by atoms with Crippen LogP contribution in [0.15, 0.2) is 27.9 Å². The first-order chi connectivity index (χ1) is 14.8. The molecule has 9 nitrogen and oxygen atoms in total. The second kappa shape index (κ2) is 7.57. The monoisotopic (exact) mass is 425 g/mol. The van der Waals surface area contributed by atoms with E-state index in [1.807, 2.05) is 12.1 Å². The van der Waals surface area contributed by atoms with Crippen molar-refractivity contribution in [2.45, 2.75) is 18.8 Å². The van der Waals surface area contributed by atoms with Gasteiger partial charge in [0, 0.05) is 32.3 Å². The molecule has 0 N–H and O–H groups in total. The molecule has 0 amide bonds. The third-order valence-electron chi connectivity index (χ3n) is 5.92. The summed E-state index contributed by atoms with van der Waals surface area (Å²) in [6, 6.07) is 3.64. The number of rotatable bonds is 4. The van der Waals surface area contributed by atoms with Gasteiger partial charge in [-0.05, 0) is 35.6 Å². The molecule has 2 heterocycles. The third kappa shape index (κ3) is 3.08. The van der Waals surface area contributed by atoms with Crippen LogP contribution in [0, 0.1) is 0 Å². The fourth-order valence-corrected chi connectivity index (χ4v) is 4.26. The van der Waals surface area contributed by atoms with E-state index in [-0.39, 0.29) is 23.8 Å². The zero-order valence-electron chi connectivity index (χ0n) is 18.0. The van der Waals surface area contributed by atoms with E-state index in [0.717, 1.165) is 10.1 Å². The van der Waals surface area contributed by atoms with E-state index >= 15 is 0 Å². The Hall–Kier alpha value is -3.62. The average molecular weight is 425 g/mol. The SMILES string of the molecule is COc1cc(C2CC(=O)c3cnc4c(c3C2)c(=O)n(C)c(=O)n4C)cc(OC)c1OC. The van der Waals surface area contributed by atoms with Crippen molar-refractivity contribution in [3.63, 3.8) is 0 Å². The Labute approximate surface area is 177 Å². The molecule has 0 saturated carbocycles. The minimum Gasteiger partial charge on any atom is -0.493 e. The lowest BCUT2D eigenvalue weighted by Gasteiger charge is -2.26. The number of nitrogens with zero attached hydrogens (tertiary/aromatic N) is 3. The molecule has 1 aliphatic rings. The summed E-state index contributed by atoms with van der Waals surface area (Å²) in [5.41, 5.74) is 1.21. The van der Waals surface area contributed by atoms with Crippen molar-refractivity contribution in [3.8, 4) is 17.2 Å². The van der Waals surface area contributed by atoms with E-state index in [1.54, 1.807) is 7.05 Å². The van der Waals surface area contributed by atoms with E-state index < -0.39 is 11.2 Å². The van der Waals surface area contributed by atoms with Gasteiger partial charge in [0.05, 0.1) is 26.7 Å². The smallest absolute Gasteiger partial charge is 0.332 e. The molecular weight excluding hydrogens is 402 g/mol. The van der Waals surface area contributed by atoms with Crippen molar-refractivity contribution < 1.29 is 19.0 Å². The van der Waals surface area contributed by atoms with E-state index in [1.165, 1.54) is 39.1 Å². The van der Waals surface area contributed by atoms with Crippen molar-refractivity contribution in [1.29, 1.82) is 0 Å². The van der Waals surface area contributed by atoms with Crippen LogP contribution in [0.1, 0.15) is 33.8 Å². The van der Waals surface area contributed by atoms with Crippen LogP contribution in [0.4, 0.5) is 0 Å². The average Bonchev–Trinajstić information content (AvgIpc) is 2.79. The Morgan fingerprint density at radius 2 is 1.58 bits per heavy atom. The molecular formula is C22H23N3O6. The van der Waals surface area contributed by atoms with Gasteiger partial charge in [0.1, 0.15) is 5.65 Å². The highest BCUT2D eigenvalue weighted by atomic mass is 16.5. The highest BCUT2D eigenvalue weighted by Gasteiger charge is 2.31. The van der Waals surface area contributed by atoms with Crippen LogP contribution >= 0.6 is 0 Å². The molecule has 0 saturated heterocycles. The van der Waals surface area contributed by atoms with Gasteiger partial charge in [-0.2, -0.15) is 0 Å². The second-order valence-corrected chi connectivity index (χ2v) is 7.54. The van der Waals surface area contributed by atoms with Crippen molar-refractivity contribution in [1.82, 2.24) is 14.1 Å². The molecule has 0 aliphatic heterocycles. The van der Waals surface area contributed by atoms with Crippen LogP contribution in [0.5, 0.6) is 17.2 Å². The number of ketones is 1. The van der Waals surface area contributed by atoms with Gasteiger partial charge in [0.2, 0.25) is 5.75 Å². The summed E-state index contributed by atoms with van der Waals surface area (Å²) < 4.78 is 18.6. The summed E-state index contributed by atoms with van der Waals surface area (Å²) in [6.07, 6.45) is 2.15. The number of fused-ring (bicyclic) bond motifs is 3. The van der Waals surface area contributed by atoms with Crippen LogP contribution in [0.3, 0.4) is 0 Å². The van der Waals surface area contributed by atoms with E-state index in [9.17, 15) is 14.4 Å². The summed E-state index contributed by atoms with van der Waals surface area (Å²) in [6.45, 7) is 0. The first-order valence-corrected chi connectivity index (χ1v) is 9.73. The van der Waals surface area contributed by atoms with Crippen molar-refractivity contribution >= 4 is 16.8 Å². The van der Waals surface area contributed by atoms with Crippen molar-refractivity contribution in [3.05, 3.63) is 55.9 Å². The van der Waals surface area contributed by atoms with Crippen LogP contribution in [0.25, 0.3) is 11.0 Å². The normalized spacial score (nSPS) is 15.6. The first-order valence-electron chi connectivity index (χ1n) is 9.73. The summed E-state index contributed by atoms with van der Waals surface area (Å²) in [4.78, 5) is 42.5. The summed E-state index contributed by atoms with van der Waals surface area (Å²) >= 11 is 0. The van der Waals surface area contributed by atoms with Gasteiger partial charge >= 0.3 is 5.69 Å². The summed E-state index contributed by atoms with van der Waals surface area (Å²) in [5, 5.41) is 0.299. The van der Waals surface area contributed by atoms with Crippen LogP contribution in [0.2, 0.25) is 0 Å². The fourth-order valence-electron chi connectivity index (χ4n) is 4.26. The Bertz CT molecular complexity index is 1310. The Balaban J connectivity index is 1.93. The molecule has 4 rings (SSSR count). The van der Waals surface area contributed by atoms with Gasteiger partial charge in [0.15, 0.2) is 17.3 Å². The van der Waals surface area contributed by atoms with E-state index in [0.29, 0.717) is 40.2 Å². The lowest BCUT2D eigenvalue weighted by Crippen LogP contribution is -2.38. The van der Waals surface area contributed by atoms with Crippen LogP contribution in [-0.4, -0.2) is 41.2 Å².